The van der Waals surface area contributed by atoms with Gasteiger partial charge in [-0.3, -0.25) is 19.4 Å². The number of carboxylic acids is 2. The van der Waals surface area contributed by atoms with Crippen molar-refractivity contribution in [2.75, 3.05) is 50.4 Å². The molecular formula is C33H47IN4O4. The Hall–Kier alpha value is -2.05. The van der Waals surface area contributed by atoms with E-state index in [1.165, 1.54) is 11.1 Å². The van der Waals surface area contributed by atoms with Crippen LogP contribution in [-0.4, -0.2) is 82.3 Å². The Morgan fingerprint density at radius 3 is 1.67 bits per heavy atom. The van der Waals surface area contributed by atoms with Gasteiger partial charge in [-0.1, -0.05) is 78.0 Å². The summed E-state index contributed by atoms with van der Waals surface area (Å²) < 4.78 is 0.910. The van der Waals surface area contributed by atoms with Crippen LogP contribution in [0.2, 0.25) is 0 Å². The quantitative estimate of drug-likeness (QED) is 0.112. The number of hydrogen-bond acceptors (Lipinski definition) is 6. The predicted octanol–water partition coefficient (Wildman–Crippen LogP) is 4.11. The van der Waals surface area contributed by atoms with Gasteiger partial charge in [-0.25, -0.2) is 0 Å². The third-order valence-corrected chi connectivity index (χ3v) is 9.99. The molecule has 42 heavy (non-hydrogen) atoms. The van der Waals surface area contributed by atoms with Gasteiger partial charge in [0, 0.05) is 26.2 Å². The van der Waals surface area contributed by atoms with Crippen LogP contribution in [0, 0.1) is 23.7 Å². The lowest BCUT2D eigenvalue weighted by Gasteiger charge is -2.26. The van der Waals surface area contributed by atoms with Crippen LogP contribution in [0.15, 0.2) is 48.5 Å². The zero-order valence-corrected chi connectivity index (χ0v) is 27.0. The van der Waals surface area contributed by atoms with Crippen molar-refractivity contribution in [3.8, 4) is 0 Å². The molecule has 2 saturated heterocycles. The van der Waals surface area contributed by atoms with Crippen LogP contribution in [0.4, 0.5) is 0 Å². The molecule has 2 fully saturated rings. The maximum atomic E-state index is 12.0. The van der Waals surface area contributed by atoms with Crippen LogP contribution in [0.25, 0.3) is 0 Å². The Labute approximate surface area is 264 Å². The van der Waals surface area contributed by atoms with E-state index in [0.717, 1.165) is 87.4 Å². The number of aliphatic carboxylic acids is 2. The predicted molar refractivity (Wildman–Crippen MR) is 175 cm³/mol. The smallest absolute Gasteiger partial charge is 0.307 e. The van der Waals surface area contributed by atoms with E-state index in [-0.39, 0.29) is 23.7 Å². The molecule has 4 atom stereocenters. The number of halogens is 1. The monoisotopic (exact) mass is 690 g/mol. The normalized spacial score (nSPS) is 20.3. The zero-order chi connectivity index (χ0) is 29.9. The van der Waals surface area contributed by atoms with Gasteiger partial charge in [0.1, 0.15) is 0 Å². The molecule has 9 heteroatoms. The number of carboxylic acid groups (broad SMARTS) is 2. The SMILES string of the molecule is CCN(CCN(CI)Cc1cccc(CC(C(=O)O)C2CCNC2)c1)Cc1cccc(CC(C(=O)O)C2CCNC2)c1. The summed E-state index contributed by atoms with van der Waals surface area (Å²) in [7, 11) is 0. The van der Waals surface area contributed by atoms with Crippen molar-refractivity contribution < 1.29 is 19.8 Å². The van der Waals surface area contributed by atoms with Gasteiger partial charge in [-0.2, -0.15) is 0 Å². The Balaban J connectivity index is 1.31. The van der Waals surface area contributed by atoms with E-state index in [4.69, 9.17) is 0 Å². The first kappa shape index (κ1) is 32.9. The van der Waals surface area contributed by atoms with Crippen LogP contribution >= 0.6 is 22.6 Å². The molecule has 2 heterocycles. The molecule has 2 aromatic rings. The summed E-state index contributed by atoms with van der Waals surface area (Å²) in [6.07, 6.45) is 3.01. The van der Waals surface area contributed by atoms with Crippen molar-refractivity contribution in [2.24, 2.45) is 23.7 Å². The first-order valence-electron chi connectivity index (χ1n) is 15.4. The average molecular weight is 691 g/mol. The third-order valence-electron chi connectivity index (χ3n) is 9.02. The standard InChI is InChI=1S/C33H47IN4O4/c1-2-37(21-26-7-3-5-24(15-26)17-30(32(39)40)28-9-11-35-19-28)13-14-38(23-34)22-27-8-4-6-25(16-27)18-31(33(41)42)29-10-12-36-20-29/h3-8,15-16,28-31,35-36H,2,9-14,17-23H2,1H3,(H,39,40)(H,41,42). The Kier molecular flexibility index (Phi) is 13.1. The van der Waals surface area contributed by atoms with Crippen molar-refractivity contribution >= 4 is 34.5 Å². The summed E-state index contributed by atoms with van der Waals surface area (Å²) in [6, 6.07) is 16.9. The topological polar surface area (TPSA) is 105 Å². The molecule has 0 spiro atoms. The fraction of sp³-hybridized carbons (Fsp3) is 0.576. The van der Waals surface area contributed by atoms with Crippen LogP contribution in [0.5, 0.6) is 0 Å². The largest absolute Gasteiger partial charge is 0.481 e. The number of benzene rings is 2. The molecule has 8 nitrogen and oxygen atoms in total. The summed E-state index contributed by atoms with van der Waals surface area (Å²) >= 11 is 2.43. The van der Waals surface area contributed by atoms with E-state index in [2.05, 4.69) is 98.5 Å². The van der Waals surface area contributed by atoms with E-state index in [9.17, 15) is 19.8 Å². The highest BCUT2D eigenvalue weighted by atomic mass is 127. The van der Waals surface area contributed by atoms with Gasteiger partial charge >= 0.3 is 11.9 Å². The molecule has 4 rings (SSSR count). The summed E-state index contributed by atoms with van der Waals surface area (Å²) in [5, 5.41) is 26.3. The molecular weight excluding hydrogens is 643 g/mol. The molecule has 0 aliphatic carbocycles. The fourth-order valence-electron chi connectivity index (χ4n) is 6.50. The van der Waals surface area contributed by atoms with Gasteiger partial charge in [0.15, 0.2) is 0 Å². The van der Waals surface area contributed by atoms with Crippen LogP contribution in [0.3, 0.4) is 0 Å². The second-order valence-electron chi connectivity index (χ2n) is 12.0. The van der Waals surface area contributed by atoms with E-state index in [1.54, 1.807) is 0 Å². The van der Waals surface area contributed by atoms with Crippen molar-refractivity contribution in [3.63, 3.8) is 0 Å². The Morgan fingerprint density at radius 1 is 0.810 bits per heavy atom. The van der Waals surface area contributed by atoms with Gasteiger partial charge in [0.05, 0.1) is 16.4 Å². The van der Waals surface area contributed by atoms with Gasteiger partial charge < -0.3 is 20.8 Å². The summed E-state index contributed by atoms with van der Waals surface area (Å²) in [5.41, 5.74) is 4.65. The highest BCUT2D eigenvalue weighted by molar-refractivity contribution is 14.1. The van der Waals surface area contributed by atoms with E-state index >= 15 is 0 Å². The molecule has 0 amide bonds. The molecule has 4 unspecified atom stereocenters. The lowest BCUT2D eigenvalue weighted by atomic mass is 9.86. The number of alkyl halides is 1. The number of hydrogen-bond donors (Lipinski definition) is 4. The maximum absolute atomic E-state index is 12.0. The highest BCUT2D eigenvalue weighted by Crippen LogP contribution is 2.25. The molecule has 2 aromatic carbocycles. The van der Waals surface area contributed by atoms with Crippen LogP contribution in [-0.2, 0) is 35.5 Å². The summed E-state index contributed by atoms with van der Waals surface area (Å²) in [5.74, 6) is -1.69. The highest BCUT2D eigenvalue weighted by Gasteiger charge is 2.31. The molecule has 0 radical (unpaired) electrons. The molecule has 2 aliphatic heterocycles. The lowest BCUT2D eigenvalue weighted by Crippen LogP contribution is -2.34. The first-order valence-corrected chi connectivity index (χ1v) is 16.9. The van der Waals surface area contributed by atoms with Crippen LogP contribution < -0.4 is 10.6 Å². The van der Waals surface area contributed by atoms with E-state index in [1.807, 2.05) is 0 Å². The minimum Gasteiger partial charge on any atom is -0.481 e. The maximum Gasteiger partial charge on any atom is 0.307 e. The second kappa shape index (κ2) is 16.7. The number of carbonyl (C=O) groups is 2. The van der Waals surface area contributed by atoms with Crippen molar-refractivity contribution in [1.29, 1.82) is 0 Å². The van der Waals surface area contributed by atoms with Crippen molar-refractivity contribution in [2.45, 2.75) is 45.7 Å². The third kappa shape index (κ3) is 9.74. The number of rotatable bonds is 17. The molecule has 0 saturated carbocycles. The lowest BCUT2D eigenvalue weighted by molar-refractivity contribution is -0.144. The zero-order valence-electron chi connectivity index (χ0n) is 24.8. The number of nitrogens with one attached hydrogen (secondary N) is 2. The summed E-state index contributed by atoms with van der Waals surface area (Å²) in [6.45, 7) is 10.1. The number of nitrogens with zero attached hydrogens (tertiary/aromatic N) is 2. The molecule has 0 aromatic heterocycles. The molecule has 4 N–H and O–H groups in total. The Bertz CT molecular complexity index is 1060. The molecule has 230 valence electrons. The van der Waals surface area contributed by atoms with E-state index < -0.39 is 11.9 Å². The average Bonchev–Trinajstić information content (AvgIpc) is 3.71. The second-order valence-corrected chi connectivity index (χ2v) is 12.7. The molecule has 0 bridgehead atoms. The van der Waals surface area contributed by atoms with E-state index in [0.29, 0.717) is 12.8 Å². The van der Waals surface area contributed by atoms with Gasteiger partial charge in [0.25, 0.3) is 0 Å². The van der Waals surface area contributed by atoms with Gasteiger partial charge in [0.2, 0.25) is 0 Å². The Morgan fingerprint density at radius 2 is 1.26 bits per heavy atom. The molecule has 2 aliphatic rings. The van der Waals surface area contributed by atoms with Crippen LogP contribution in [0.1, 0.15) is 42.0 Å². The number of likely N-dealkylation sites (N-methyl/N-ethyl adjacent to an activating group) is 1. The summed E-state index contributed by atoms with van der Waals surface area (Å²) in [4.78, 5) is 28.8. The minimum atomic E-state index is -0.694. The fourth-order valence-corrected chi connectivity index (χ4v) is 7.08. The van der Waals surface area contributed by atoms with Gasteiger partial charge in [-0.05, 0) is 92.5 Å². The van der Waals surface area contributed by atoms with Gasteiger partial charge in [-0.15, -0.1) is 0 Å². The minimum absolute atomic E-state index is 0.195. The van der Waals surface area contributed by atoms with Crippen molar-refractivity contribution in [1.82, 2.24) is 20.4 Å². The van der Waals surface area contributed by atoms with Crippen molar-refractivity contribution in [3.05, 3.63) is 70.8 Å². The first-order chi connectivity index (χ1) is 20.4.